The highest BCUT2D eigenvalue weighted by Crippen LogP contribution is 2.34. The largest absolute Gasteiger partial charge is 0.381 e. The van der Waals surface area contributed by atoms with Crippen LogP contribution in [-0.2, 0) is 4.74 Å². The fourth-order valence-corrected chi connectivity index (χ4v) is 1.87. The van der Waals surface area contributed by atoms with Crippen molar-refractivity contribution in [3.05, 3.63) is 0 Å². The average Bonchev–Trinajstić information content (AvgIpc) is 2.07. The molecule has 66 valence electrons. The molecular formula is C9H19NO. The van der Waals surface area contributed by atoms with Crippen LogP contribution in [0.3, 0.4) is 0 Å². The van der Waals surface area contributed by atoms with Crippen molar-refractivity contribution >= 4 is 0 Å². The summed E-state index contributed by atoms with van der Waals surface area (Å²) < 4.78 is 5.47. The SMILES string of the molecule is CCC1(CCN)CCCOC1. The van der Waals surface area contributed by atoms with Gasteiger partial charge >= 0.3 is 0 Å². The molecule has 0 bridgehead atoms. The summed E-state index contributed by atoms with van der Waals surface area (Å²) in [5.74, 6) is 0. The molecule has 1 atom stereocenters. The van der Waals surface area contributed by atoms with E-state index in [0.29, 0.717) is 5.41 Å². The second-order valence-corrected chi connectivity index (χ2v) is 3.55. The van der Waals surface area contributed by atoms with E-state index in [1.165, 1.54) is 19.3 Å². The van der Waals surface area contributed by atoms with Gasteiger partial charge in [-0.1, -0.05) is 6.92 Å². The Bertz CT molecular complexity index is 103. The summed E-state index contributed by atoms with van der Waals surface area (Å²) in [7, 11) is 0. The molecule has 1 aliphatic rings. The van der Waals surface area contributed by atoms with Crippen LogP contribution < -0.4 is 5.73 Å². The summed E-state index contributed by atoms with van der Waals surface area (Å²) >= 11 is 0. The summed E-state index contributed by atoms with van der Waals surface area (Å²) in [6.07, 6.45) is 4.86. The molecule has 2 N–H and O–H groups in total. The number of hydrogen-bond acceptors (Lipinski definition) is 2. The van der Waals surface area contributed by atoms with Gasteiger partial charge in [-0.2, -0.15) is 0 Å². The Morgan fingerprint density at radius 3 is 2.82 bits per heavy atom. The van der Waals surface area contributed by atoms with Gasteiger partial charge in [-0.25, -0.2) is 0 Å². The standard InChI is InChI=1S/C9H19NO/c1-2-9(5-6-10)4-3-7-11-8-9/h2-8,10H2,1H3. The molecule has 2 nitrogen and oxygen atoms in total. The van der Waals surface area contributed by atoms with Crippen molar-refractivity contribution in [1.29, 1.82) is 0 Å². The molecular weight excluding hydrogens is 138 g/mol. The van der Waals surface area contributed by atoms with Crippen molar-refractivity contribution in [3.8, 4) is 0 Å². The molecule has 0 aromatic rings. The number of hydrogen-bond donors (Lipinski definition) is 1. The van der Waals surface area contributed by atoms with Crippen molar-refractivity contribution < 1.29 is 4.74 Å². The van der Waals surface area contributed by atoms with Crippen LogP contribution >= 0.6 is 0 Å². The Morgan fingerprint density at radius 1 is 1.55 bits per heavy atom. The van der Waals surface area contributed by atoms with E-state index in [2.05, 4.69) is 6.92 Å². The molecule has 0 amide bonds. The minimum absolute atomic E-state index is 0.424. The molecule has 0 spiro atoms. The van der Waals surface area contributed by atoms with Crippen molar-refractivity contribution in [2.24, 2.45) is 11.1 Å². The van der Waals surface area contributed by atoms with Crippen LogP contribution in [-0.4, -0.2) is 19.8 Å². The Balaban J connectivity index is 2.42. The molecule has 0 radical (unpaired) electrons. The Kier molecular flexibility index (Phi) is 3.34. The highest BCUT2D eigenvalue weighted by atomic mass is 16.5. The lowest BCUT2D eigenvalue weighted by Gasteiger charge is -2.35. The van der Waals surface area contributed by atoms with Gasteiger partial charge in [-0.3, -0.25) is 0 Å². The van der Waals surface area contributed by atoms with Crippen molar-refractivity contribution in [2.45, 2.75) is 32.6 Å². The van der Waals surface area contributed by atoms with E-state index in [0.717, 1.165) is 26.2 Å². The lowest BCUT2D eigenvalue weighted by molar-refractivity contribution is -0.0134. The number of nitrogens with two attached hydrogens (primary N) is 1. The van der Waals surface area contributed by atoms with E-state index >= 15 is 0 Å². The van der Waals surface area contributed by atoms with Gasteiger partial charge in [0, 0.05) is 6.61 Å². The first-order chi connectivity index (χ1) is 5.33. The molecule has 1 fully saturated rings. The van der Waals surface area contributed by atoms with Gasteiger partial charge in [0.15, 0.2) is 0 Å². The van der Waals surface area contributed by atoms with Crippen LogP contribution in [0.5, 0.6) is 0 Å². The predicted molar refractivity (Wildman–Crippen MR) is 46.4 cm³/mol. The van der Waals surface area contributed by atoms with Crippen molar-refractivity contribution in [2.75, 3.05) is 19.8 Å². The fraction of sp³-hybridized carbons (Fsp3) is 1.00. The van der Waals surface area contributed by atoms with E-state index in [1.54, 1.807) is 0 Å². The molecule has 1 rings (SSSR count). The van der Waals surface area contributed by atoms with Crippen LogP contribution in [0.1, 0.15) is 32.6 Å². The monoisotopic (exact) mass is 157 g/mol. The highest BCUT2D eigenvalue weighted by Gasteiger charge is 2.29. The lowest BCUT2D eigenvalue weighted by atomic mass is 9.77. The molecule has 0 aromatic carbocycles. The van der Waals surface area contributed by atoms with E-state index < -0.39 is 0 Å². The zero-order valence-corrected chi connectivity index (χ0v) is 7.44. The molecule has 1 saturated heterocycles. The van der Waals surface area contributed by atoms with Gasteiger partial charge < -0.3 is 10.5 Å². The van der Waals surface area contributed by atoms with Gasteiger partial charge in [0.1, 0.15) is 0 Å². The van der Waals surface area contributed by atoms with Crippen LogP contribution in [0.15, 0.2) is 0 Å². The summed E-state index contributed by atoms with van der Waals surface area (Å²) in [4.78, 5) is 0. The van der Waals surface area contributed by atoms with Crippen LogP contribution in [0.4, 0.5) is 0 Å². The predicted octanol–water partition coefficient (Wildman–Crippen LogP) is 1.54. The summed E-state index contributed by atoms with van der Waals surface area (Å²) in [5.41, 5.74) is 5.99. The zero-order valence-electron chi connectivity index (χ0n) is 7.44. The Labute approximate surface area is 69.1 Å². The van der Waals surface area contributed by atoms with Crippen molar-refractivity contribution in [1.82, 2.24) is 0 Å². The third-order valence-corrected chi connectivity index (χ3v) is 2.83. The second-order valence-electron chi connectivity index (χ2n) is 3.55. The summed E-state index contributed by atoms with van der Waals surface area (Å²) in [6, 6.07) is 0. The number of ether oxygens (including phenoxy) is 1. The minimum atomic E-state index is 0.424. The lowest BCUT2D eigenvalue weighted by Crippen LogP contribution is -2.33. The van der Waals surface area contributed by atoms with Crippen LogP contribution in [0.25, 0.3) is 0 Å². The first-order valence-electron chi connectivity index (χ1n) is 4.61. The molecule has 2 heteroatoms. The number of rotatable bonds is 3. The minimum Gasteiger partial charge on any atom is -0.381 e. The van der Waals surface area contributed by atoms with Gasteiger partial charge in [-0.05, 0) is 37.6 Å². The maximum atomic E-state index is 5.56. The van der Waals surface area contributed by atoms with Gasteiger partial charge in [0.05, 0.1) is 6.61 Å². The molecule has 11 heavy (non-hydrogen) atoms. The second kappa shape index (κ2) is 4.07. The first-order valence-corrected chi connectivity index (χ1v) is 4.61. The maximum Gasteiger partial charge on any atom is 0.0522 e. The zero-order chi connectivity index (χ0) is 8.16. The normalized spacial score (nSPS) is 32.2. The topological polar surface area (TPSA) is 35.2 Å². The van der Waals surface area contributed by atoms with Gasteiger partial charge in [0.25, 0.3) is 0 Å². The Morgan fingerprint density at radius 2 is 2.36 bits per heavy atom. The third-order valence-electron chi connectivity index (χ3n) is 2.83. The van der Waals surface area contributed by atoms with Crippen LogP contribution in [0, 0.1) is 5.41 Å². The molecule has 1 aliphatic heterocycles. The summed E-state index contributed by atoms with van der Waals surface area (Å²) in [5, 5.41) is 0. The average molecular weight is 157 g/mol. The fourth-order valence-electron chi connectivity index (χ4n) is 1.87. The molecule has 1 unspecified atom stereocenters. The quantitative estimate of drug-likeness (QED) is 0.674. The van der Waals surface area contributed by atoms with E-state index in [9.17, 15) is 0 Å². The van der Waals surface area contributed by atoms with E-state index in [4.69, 9.17) is 10.5 Å². The van der Waals surface area contributed by atoms with E-state index in [1.807, 2.05) is 0 Å². The smallest absolute Gasteiger partial charge is 0.0522 e. The van der Waals surface area contributed by atoms with Crippen molar-refractivity contribution in [3.63, 3.8) is 0 Å². The molecule has 1 heterocycles. The van der Waals surface area contributed by atoms with Gasteiger partial charge in [0.2, 0.25) is 0 Å². The maximum absolute atomic E-state index is 5.56. The van der Waals surface area contributed by atoms with E-state index in [-0.39, 0.29) is 0 Å². The molecule has 0 saturated carbocycles. The summed E-state index contributed by atoms with van der Waals surface area (Å²) in [6.45, 7) is 4.93. The highest BCUT2D eigenvalue weighted by molar-refractivity contribution is 4.80. The Hall–Kier alpha value is -0.0800. The molecule has 0 aliphatic carbocycles. The van der Waals surface area contributed by atoms with Crippen LogP contribution in [0.2, 0.25) is 0 Å². The third kappa shape index (κ3) is 2.17. The van der Waals surface area contributed by atoms with Gasteiger partial charge in [-0.15, -0.1) is 0 Å². The first kappa shape index (κ1) is 9.01. The molecule has 0 aromatic heterocycles.